The van der Waals surface area contributed by atoms with E-state index in [1.807, 2.05) is 109 Å². The maximum Gasteiger partial charge on any atom is 0.457 e. The second-order valence-corrected chi connectivity index (χ2v) is 11.7. The number of nitrogens with one attached hydrogen (secondary N) is 1. The predicted octanol–water partition coefficient (Wildman–Crippen LogP) is 9.36. The van der Waals surface area contributed by atoms with Gasteiger partial charge in [0.25, 0.3) is 0 Å². The molecule has 6 aromatic carbocycles. The summed E-state index contributed by atoms with van der Waals surface area (Å²) < 4.78 is 28.3. The summed E-state index contributed by atoms with van der Waals surface area (Å²) in [6, 6.07) is 43.9. The number of hydrogen-bond donors (Lipinski definition) is 1. The first-order valence-corrected chi connectivity index (χ1v) is 14.7. The molecule has 1 aliphatic heterocycles. The van der Waals surface area contributed by atoms with E-state index in [1.165, 1.54) is 0 Å². The van der Waals surface area contributed by atoms with Crippen molar-refractivity contribution in [2.45, 2.75) is 12.2 Å². The molecular weight excluding hydrogens is 501 g/mol. The SMILES string of the molecule is O=P1(C(Nc2ccccc2)c2ccccc2)Oc2ccc3ccccc3c2Cc2c(ccc3ccccc23)O1. The van der Waals surface area contributed by atoms with Gasteiger partial charge in [-0.05, 0) is 51.4 Å². The van der Waals surface area contributed by atoms with E-state index in [0.717, 1.165) is 43.9 Å². The van der Waals surface area contributed by atoms with E-state index >= 15 is 4.57 Å². The van der Waals surface area contributed by atoms with Crippen LogP contribution in [0.3, 0.4) is 0 Å². The lowest BCUT2D eigenvalue weighted by Gasteiger charge is -2.32. The highest BCUT2D eigenvalue weighted by Gasteiger charge is 2.43. The zero-order chi connectivity index (χ0) is 26.2. The molecule has 1 aliphatic rings. The van der Waals surface area contributed by atoms with Crippen LogP contribution in [-0.2, 0) is 11.0 Å². The van der Waals surface area contributed by atoms with Gasteiger partial charge in [-0.1, -0.05) is 109 Å². The summed E-state index contributed by atoms with van der Waals surface area (Å²) in [6.45, 7) is 0. The van der Waals surface area contributed by atoms with Crippen LogP contribution >= 0.6 is 7.60 Å². The van der Waals surface area contributed by atoms with Crippen molar-refractivity contribution in [3.63, 3.8) is 0 Å². The molecule has 1 unspecified atom stereocenters. The maximum atomic E-state index is 15.2. The number of anilines is 1. The van der Waals surface area contributed by atoms with Gasteiger partial charge in [0.1, 0.15) is 11.5 Å². The highest BCUT2D eigenvalue weighted by atomic mass is 31.2. The molecule has 0 aliphatic carbocycles. The maximum absolute atomic E-state index is 15.2. The summed E-state index contributed by atoms with van der Waals surface area (Å²) in [6.07, 6.45) is 0.593. The average molecular weight is 528 g/mol. The lowest BCUT2D eigenvalue weighted by atomic mass is 9.93. The van der Waals surface area contributed by atoms with Crippen LogP contribution < -0.4 is 14.4 Å². The van der Waals surface area contributed by atoms with Gasteiger partial charge >= 0.3 is 7.60 Å². The largest absolute Gasteiger partial charge is 0.457 e. The number of hydrogen-bond acceptors (Lipinski definition) is 4. The highest BCUT2D eigenvalue weighted by molar-refractivity contribution is 7.55. The smallest absolute Gasteiger partial charge is 0.414 e. The Morgan fingerprint density at radius 1 is 0.564 bits per heavy atom. The Hall–Kier alpha value is -4.53. The number of fused-ring (bicyclic) bond motifs is 6. The summed E-state index contributed by atoms with van der Waals surface area (Å²) >= 11 is 0. The summed E-state index contributed by atoms with van der Waals surface area (Å²) in [7, 11) is -3.91. The number of para-hydroxylation sites is 1. The Bertz CT molecular complexity index is 1760. The first-order valence-electron chi connectivity index (χ1n) is 13.0. The van der Waals surface area contributed by atoms with Gasteiger partial charge in [-0.2, -0.15) is 0 Å². The monoisotopic (exact) mass is 527 g/mol. The average Bonchev–Trinajstić information content (AvgIpc) is 2.98. The Labute approximate surface area is 227 Å². The summed E-state index contributed by atoms with van der Waals surface area (Å²) in [5.41, 5.74) is 3.64. The molecule has 0 spiro atoms. The van der Waals surface area contributed by atoms with Gasteiger partial charge < -0.3 is 14.4 Å². The van der Waals surface area contributed by atoms with Crippen LogP contribution in [0.15, 0.2) is 133 Å². The van der Waals surface area contributed by atoms with Crippen LogP contribution in [-0.4, -0.2) is 0 Å². The third kappa shape index (κ3) is 4.33. The topological polar surface area (TPSA) is 47.6 Å². The van der Waals surface area contributed by atoms with E-state index in [4.69, 9.17) is 9.05 Å². The van der Waals surface area contributed by atoms with E-state index in [1.54, 1.807) is 0 Å². The molecular formula is C34H26NO3P. The molecule has 0 saturated carbocycles. The van der Waals surface area contributed by atoms with Crippen molar-refractivity contribution in [1.29, 1.82) is 0 Å². The molecule has 1 N–H and O–H groups in total. The molecule has 1 heterocycles. The standard InChI is InChI=1S/C34H26NO3P/c36-39(34(26-13-3-1-4-14-26)35-27-15-5-2-6-16-27)37-32-21-19-24-11-7-9-17-28(24)30(32)23-31-29-18-10-8-12-25(29)20-22-33(31)38-39/h1-22,34-35H,23H2. The zero-order valence-corrected chi connectivity index (χ0v) is 22.1. The fourth-order valence-electron chi connectivity index (χ4n) is 5.42. The van der Waals surface area contributed by atoms with E-state index in [0.29, 0.717) is 17.9 Å². The normalized spacial score (nSPS) is 14.7. The van der Waals surface area contributed by atoms with Crippen LogP contribution in [0.25, 0.3) is 21.5 Å². The van der Waals surface area contributed by atoms with Crippen molar-refractivity contribution in [1.82, 2.24) is 0 Å². The van der Waals surface area contributed by atoms with Gasteiger partial charge in [0.15, 0.2) is 5.78 Å². The quantitative estimate of drug-likeness (QED) is 0.232. The third-order valence-corrected chi connectivity index (χ3v) is 9.27. The fraction of sp³-hybridized carbons (Fsp3) is 0.0588. The molecule has 190 valence electrons. The van der Waals surface area contributed by atoms with E-state index in [2.05, 4.69) is 29.6 Å². The Morgan fingerprint density at radius 3 is 1.62 bits per heavy atom. The molecule has 4 nitrogen and oxygen atoms in total. The Morgan fingerprint density at radius 2 is 1.05 bits per heavy atom. The molecule has 39 heavy (non-hydrogen) atoms. The van der Waals surface area contributed by atoms with Gasteiger partial charge in [-0.25, -0.2) is 4.57 Å². The van der Waals surface area contributed by atoms with Crippen LogP contribution in [0.4, 0.5) is 5.69 Å². The van der Waals surface area contributed by atoms with E-state index in [9.17, 15) is 0 Å². The van der Waals surface area contributed by atoms with Crippen molar-refractivity contribution < 1.29 is 13.6 Å². The molecule has 5 heteroatoms. The van der Waals surface area contributed by atoms with Gasteiger partial charge in [0.2, 0.25) is 0 Å². The number of rotatable bonds is 4. The molecule has 0 fully saturated rings. The number of benzene rings is 6. The van der Waals surface area contributed by atoms with Crippen LogP contribution in [0.5, 0.6) is 11.5 Å². The fourth-order valence-corrected chi connectivity index (χ4v) is 7.40. The predicted molar refractivity (Wildman–Crippen MR) is 159 cm³/mol. The molecule has 0 radical (unpaired) electrons. The molecule has 0 amide bonds. The molecule has 1 atom stereocenters. The van der Waals surface area contributed by atoms with Gasteiger partial charge in [0, 0.05) is 23.2 Å². The lowest BCUT2D eigenvalue weighted by Crippen LogP contribution is -2.20. The van der Waals surface area contributed by atoms with E-state index < -0.39 is 13.4 Å². The molecule has 6 aromatic rings. The van der Waals surface area contributed by atoms with Gasteiger partial charge in [-0.15, -0.1) is 0 Å². The second kappa shape index (κ2) is 9.65. The first-order chi connectivity index (χ1) is 19.2. The Balaban J connectivity index is 1.48. The third-order valence-electron chi connectivity index (χ3n) is 7.31. The van der Waals surface area contributed by atoms with Crippen molar-refractivity contribution >= 4 is 34.8 Å². The highest BCUT2D eigenvalue weighted by Crippen LogP contribution is 2.62. The summed E-state index contributed by atoms with van der Waals surface area (Å²) in [4.78, 5) is 0. The first kappa shape index (κ1) is 23.6. The van der Waals surface area contributed by atoms with Crippen LogP contribution in [0.1, 0.15) is 22.5 Å². The summed E-state index contributed by atoms with van der Waals surface area (Å²) in [5.74, 6) is 0.399. The Kier molecular flexibility index (Phi) is 5.83. The van der Waals surface area contributed by atoms with E-state index in [-0.39, 0.29) is 0 Å². The molecule has 7 rings (SSSR count). The lowest BCUT2D eigenvalue weighted by molar-refractivity contribution is 0.371. The molecule has 0 saturated heterocycles. The second-order valence-electron chi connectivity index (χ2n) is 9.75. The zero-order valence-electron chi connectivity index (χ0n) is 21.2. The van der Waals surface area contributed by atoms with Crippen LogP contribution in [0.2, 0.25) is 0 Å². The van der Waals surface area contributed by atoms with Crippen molar-refractivity contribution in [2.24, 2.45) is 0 Å². The minimum atomic E-state index is -3.91. The van der Waals surface area contributed by atoms with Gasteiger partial charge in [0.05, 0.1) is 0 Å². The van der Waals surface area contributed by atoms with Gasteiger partial charge in [-0.3, -0.25) is 0 Å². The minimum Gasteiger partial charge on any atom is -0.414 e. The van der Waals surface area contributed by atoms with Crippen molar-refractivity contribution in [3.05, 3.63) is 150 Å². The minimum absolute atomic E-state index is 0.575. The van der Waals surface area contributed by atoms with Crippen molar-refractivity contribution in [3.8, 4) is 11.5 Å². The molecule has 0 aromatic heterocycles. The van der Waals surface area contributed by atoms with Crippen LogP contribution in [0, 0.1) is 0 Å². The van der Waals surface area contributed by atoms with Crippen molar-refractivity contribution in [2.75, 3.05) is 5.32 Å². The summed E-state index contributed by atoms with van der Waals surface area (Å²) in [5, 5.41) is 7.86. The molecule has 0 bridgehead atoms.